The van der Waals surface area contributed by atoms with Crippen LogP contribution in [0.3, 0.4) is 0 Å². The molecule has 2 atom stereocenters. The van der Waals surface area contributed by atoms with E-state index in [1.165, 1.54) is 12.8 Å². The van der Waals surface area contributed by atoms with Gasteiger partial charge in [0, 0.05) is 31.7 Å². The van der Waals surface area contributed by atoms with E-state index < -0.39 is 0 Å². The third kappa shape index (κ3) is 2.40. The van der Waals surface area contributed by atoms with Crippen molar-refractivity contribution < 1.29 is 4.79 Å². The van der Waals surface area contributed by atoms with Crippen LogP contribution >= 0.6 is 0 Å². The van der Waals surface area contributed by atoms with Crippen LogP contribution in [-0.2, 0) is 7.05 Å². The van der Waals surface area contributed by atoms with Gasteiger partial charge >= 0.3 is 0 Å². The second-order valence-corrected chi connectivity index (χ2v) is 7.95. The van der Waals surface area contributed by atoms with Gasteiger partial charge in [-0.1, -0.05) is 12.2 Å². The lowest BCUT2D eigenvalue weighted by Gasteiger charge is -2.17. The summed E-state index contributed by atoms with van der Waals surface area (Å²) in [6.07, 6.45) is 9.14. The van der Waals surface area contributed by atoms with E-state index in [0.29, 0.717) is 17.8 Å². The van der Waals surface area contributed by atoms with E-state index in [4.69, 9.17) is 4.98 Å². The van der Waals surface area contributed by atoms with Crippen LogP contribution in [0.1, 0.15) is 53.3 Å². The summed E-state index contributed by atoms with van der Waals surface area (Å²) in [5.74, 6) is 1.95. The van der Waals surface area contributed by atoms with E-state index in [0.717, 1.165) is 53.9 Å². The van der Waals surface area contributed by atoms with Crippen LogP contribution < -0.4 is 0 Å². The molecular weight excluding hydrogens is 312 g/mol. The van der Waals surface area contributed by atoms with Gasteiger partial charge in [0.05, 0.1) is 16.6 Å². The lowest BCUT2D eigenvalue weighted by Crippen LogP contribution is -2.29. The molecule has 3 aliphatic rings. The summed E-state index contributed by atoms with van der Waals surface area (Å²) in [4.78, 5) is 20.3. The smallest absolute Gasteiger partial charge is 0.254 e. The Bertz CT molecular complexity index is 877. The second-order valence-electron chi connectivity index (χ2n) is 7.95. The van der Waals surface area contributed by atoms with Crippen LogP contribution in [0.15, 0.2) is 18.2 Å². The molecule has 5 heteroatoms. The predicted octanol–water partition coefficient (Wildman–Crippen LogP) is 3.19. The quantitative estimate of drug-likeness (QED) is 0.792. The van der Waals surface area contributed by atoms with Crippen molar-refractivity contribution >= 4 is 16.9 Å². The van der Waals surface area contributed by atoms with E-state index in [-0.39, 0.29) is 5.91 Å². The van der Waals surface area contributed by atoms with Crippen molar-refractivity contribution in [1.82, 2.24) is 19.7 Å². The molecule has 25 heavy (non-hydrogen) atoms. The van der Waals surface area contributed by atoms with Crippen LogP contribution in [0, 0.1) is 18.8 Å². The Hall–Kier alpha value is -2.17. The average Bonchev–Trinajstić information content (AvgIpc) is 3.31. The number of nitrogens with zero attached hydrogens (tertiary/aromatic N) is 4. The van der Waals surface area contributed by atoms with Crippen LogP contribution in [0.5, 0.6) is 0 Å². The number of hydrogen-bond acceptors (Lipinski definition) is 3. The van der Waals surface area contributed by atoms with Crippen molar-refractivity contribution in [2.45, 2.75) is 38.5 Å². The molecule has 2 fully saturated rings. The topological polar surface area (TPSA) is 51.0 Å². The molecule has 2 aliphatic carbocycles. The van der Waals surface area contributed by atoms with Gasteiger partial charge in [-0.2, -0.15) is 5.10 Å². The fourth-order valence-corrected chi connectivity index (χ4v) is 4.57. The highest BCUT2D eigenvalue weighted by atomic mass is 16.2. The molecule has 0 N–H and O–H groups in total. The molecule has 2 aromatic heterocycles. The molecule has 0 bridgehead atoms. The van der Waals surface area contributed by atoms with Gasteiger partial charge in [-0.05, 0) is 50.5 Å². The highest BCUT2D eigenvalue weighted by Gasteiger charge is 2.37. The van der Waals surface area contributed by atoms with E-state index in [9.17, 15) is 4.79 Å². The maximum absolute atomic E-state index is 13.4. The number of carbonyl (C=O) groups is 1. The summed E-state index contributed by atoms with van der Waals surface area (Å²) >= 11 is 0. The second kappa shape index (κ2) is 5.41. The van der Waals surface area contributed by atoms with Crippen molar-refractivity contribution in [2.75, 3.05) is 13.1 Å². The van der Waals surface area contributed by atoms with Crippen LogP contribution in [-0.4, -0.2) is 38.7 Å². The fraction of sp³-hybridized carbons (Fsp3) is 0.550. The van der Waals surface area contributed by atoms with Crippen molar-refractivity contribution in [3.8, 4) is 0 Å². The number of rotatable bonds is 2. The minimum Gasteiger partial charge on any atom is -0.338 e. The number of aryl methyl sites for hydroxylation is 2. The average molecular weight is 336 g/mol. The Labute approximate surface area is 147 Å². The predicted molar refractivity (Wildman–Crippen MR) is 96.5 cm³/mol. The Kier molecular flexibility index (Phi) is 3.27. The molecule has 1 amide bonds. The number of hydrogen-bond donors (Lipinski definition) is 0. The summed E-state index contributed by atoms with van der Waals surface area (Å²) < 4.78 is 1.82. The van der Waals surface area contributed by atoms with Crippen LogP contribution in [0.2, 0.25) is 0 Å². The number of aromatic nitrogens is 3. The molecular formula is C20H24N4O. The SMILES string of the molecule is Cc1nn(C)c2nc(C3CC3)cc(C(=O)N3C[C@H]4CC=CC[C@@H]4C3)c12. The monoisotopic (exact) mass is 336 g/mol. The summed E-state index contributed by atoms with van der Waals surface area (Å²) in [5, 5.41) is 5.46. The first-order valence-electron chi connectivity index (χ1n) is 9.40. The van der Waals surface area contributed by atoms with Crippen molar-refractivity contribution in [3.05, 3.63) is 35.2 Å². The standard InChI is InChI=1S/C20H24N4O/c1-12-18-16(9-17(13-7-8-13)21-19(18)23(2)22-12)20(25)24-10-14-5-3-4-6-15(14)11-24/h3-4,9,13-15H,5-8,10-11H2,1-2H3/t14-,15-/m1/s1. The van der Waals surface area contributed by atoms with Gasteiger partial charge in [0.15, 0.2) is 5.65 Å². The zero-order valence-corrected chi connectivity index (χ0v) is 14.9. The molecule has 5 rings (SSSR count). The minimum atomic E-state index is 0.166. The highest BCUT2D eigenvalue weighted by Crippen LogP contribution is 2.41. The molecule has 1 saturated carbocycles. The maximum atomic E-state index is 13.4. The Balaban J connectivity index is 1.56. The number of likely N-dealkylation sites (tertiary alicyclic amines) is 1. The van der Waals surface area contributed by atoms with E-state index in [1.54, 1.807) is 0 Å². The van der Waals surface area contributed by atoms with E-state index in [2.05, 4.69) is 28.2 Å². The lowest BCUT2D eigenvalue weighted by atomic mass is 9.86. The molecule has 1 aliphatic heterocycles. The number of carbonyl (C=O) groups excluding carboxylic acids is 1. The molecule has 0 aromatic carbocycles. The molecule has 0 spiro atoms. The zero-order valence-electron chi connectivity index (χ0n) is 14.9. The molecule has 0 radical (unpaired) electrons. The van der Waals surface area contributed by atoms with Gasteiger partial charge in [-0.3, -0.25) is 9.48 Å². The lowest BCUT2D eigenvalue weighted by molar-refractivity contribution is 0.0786. The van der Waals surface area contributed by atoms with E-state index >= 15 is 0 Å². The van der Waals surface area contributed by atoms with Gasteiger partial charge in [0.1, 0.15) is 0 Å². The number of pyridine rings is 1. The molecule has 3 heterocycles. The molecule has 130 valence electrons. The zero-order chi connectivity index (χ0) is 17.1. The summed E-state index contributed by atoms with van der Waals surface area (Å²) in [6.45, 7) is 3.75. The summed E-state index contributed by atoms with van der Waals surface area (Å²) in [5.41, 5.74) is 3.62. The van der Waals surface area contributed by atoms with Gasteiger partial charge in [0.25, 0.3) is 5.91 Å². The van der Waals surface area contributed by atoms with Gasteiger partial charge in [-0.15, -0.1) is 0 Å². The normalized spacial score (nSPS) is 25.6. The summed E-state index contributed by atoms with van der Waals surface area (Å²) in [7, 11) is 1.92. The van der Waals surface area contributed by atoms with Gasteiger partial charge in [0.2, 0.25) is 0 Å². The number of allylic oxidation sites excluding steroid dienone is 2. The molecule has 0 unspecified atom stereocenters. The first kappa shape index (κ1) is 15.1. The van der Waals surface area contributed by atoms with Crippen molar-refractivity contribution in [1.29, 1.82) is 0 Å². The first-order valence-corrected chi connectivity index (χ1v) is 9.40. The molecule has 2 aromatic rings. The fourth-order valence-electron chi connectivity index (χ4n) is 4.57. The van der Waals surface area contributed by atoms with Crippen LogP contribution in [0.25, 0.3) is 11.0 Å². The van der Waals surface area contributed by atoms with E-state index in [1.807, 2.05) is 18.7 Å². The first-order chi connectivity index (χ1) is 12.1. The Morgan fingerprint density at radius 1 is 1.16 bits per heavy atom. The highest BCUT2D eigenvalue weighted by molar-refractivity contribution is 6.06. The van der Waals surface area contributed by atoms with Crippen LogP contribution in [0.4, 0.5) is 0 Å². The van der Waals surface area contributed by atoms with Crippen molar-refractivity contribution in [2.24, 2.45) is 18.9 Å². The molecule has 5 nitrogen and oxygen atoms in total. The third-order valence-electron chi connectivity index (χ3n) is 6.12. The summed E-state index contributed by atoms with van der Waals surface area (Å²) in [6, 6.07) is 2.05. The van der Waals surface area contributed by atoms with Gasteiger partial charge < -0.3 is 4.90 Å². The maximum Gasteiger partial charge on any atom is 0.254 e. The largest absolute Gasteiger partial charge is 0.338 e. The number of amides is 1. The third-order valence-corrected chi connectivity index (χ3v) is 6.12. The number of fused-ring (bicyclic) bond motifs is 2. The van der Waals surface area contributed by atoms with Crippen molar-refractivity contribution in [3.63, 3.8) is 0 Å². The minimum absolute atomic E-state index is 0.166. The molecule has 1 saturated heterocycles. The Morgan fingerprint density at radius 2 is 1.84 bits per heavy atom. The Morgan fingerprint density at radius 3 is 2.48 bits per heavy atom. The van der Waals surface area contributed by atoms with Gasteiger partial charge in [-0.25, -0.2) is 4.98 Å².